The molecule has 0 bridgehead atoms. The molecule has 1 unspecified atom stereocenters. The Kier molecular flexibility index (Phi) is 3.32. The number of hydrogen-bond acceptors (Lipinski definition) is 4. The van der Waals surface area contributed by atoms with Crippen LogP contribution in [-0.4, -0.2) is 23.8 Å². The number of nitrogens with zero attached hydrogens (tertiary/aromatic N) is 1. The molecule has 2 fully saturated rings. The minimum Gasteiger partial charge on any atom is -0.343 e. The first-order chi connectivity index (χ1) is 8.57. The Balaban J connectivity index is 2.01. The second-order valence-corrected chi connectivity index (χ2v) is 4.88. The Labute approximate surface area is 105 Å². The van der Waals surface area contributed by atoms with E-state index in [4.69, 9.17) is 5.26 Å². The van der Waals surface area contributed by atoms with Crippen molar-refractivity contribution in [2.24, 2.45) is 5.41 Å². The van der Waals surface area contributed by atoms with E-state index in [1.807, 2.05) is 0 Å². The van der Waals surface area contributed by atoms with E-state index in [-0.39, 0.29) is 18.2 Å². The largest absolute Gasteiger partial charge is 0.343 e. The zero-order valence-corrected chi connectivity index (χ0v) is 9.99. The van der Waals surface area contributed by atoms with Crippen LogP contribution in [0.5, 0.6) is 0 Å². The van der Waals surface area contributed by atoms with Crippen LogP contribution < -0.4 is 10.6 Å². The van der Waals surface area contributed by atoms with Crippen molar-refractivity contribution in [2.45, 2.75) is 44.6 Å². The summed E-state index contributed by atoms with van der Waals surface area (Å²) in [4.78, 5) is 34.6. The van der Waals surface area contributed by atoms with E-state index < -0.39 is 17.4 Å². The predicted octanol–water partition coefficient (Wildman–Crippen LogP) is -0.00822. The molecule has 1 saturated heterocycles. The number of carbonyl (C=O) groups is 3. The molecule has 2 N–H and O–H groups in total. The van der Waals surface area contributed by atoms with Gasteiger partial charge in [-0.1, -0.05) is 12.8 Å². The van der Waals surface area contributed by atoms with Gasteiger partial charge in [-0.25, -0.2) is 0 Å². The van der Waals surface area contributed by atoms with Crippen molar-refractivity contribution in [1.82, 2.24) is 10.6 Å². The van der Waals surface area contributed by atoms with Gasteiger partial charge in [0.2, 0.25) is 17.7 Å². The molecule has 0 aromatic heterocycles. The molecular formula is C12H15N3O3. The quantitative estimate of drug-likeness (QED) is 0.672. The lowest BCUT2D eigenvalue weighted by Gasteiger charge is -2.26. The average molecular weight is 249 g/mol. The molecule has 1 saturated carbocycles. The highest BCUT2D eigenvalue weighted by atomic mass is 16.2. The summed E-state index contributed by atoms with van der Waals surface area (Å²) in [6.07, 6.45) is 3.33. The number of imide groups is 1. The van der Waals surface area contributed by atoms with Crippen LogP contribution in [0.4, 0.5) is 0 Å². The second kappa shape index (κ2) is 4.77. The lowest BCUT2D eigenvalue weighted by atomic mass is 9.86. The van der Waals surface area contributed by atoms with Gasteiger partial charge in [0.15, 0.2) is 0 Å². The summed E-state index contributed by atoms with van der Waals surface area (Å²) in [5, 5.41) is 13.9. The Morgan fingerprint density at radius 3 is 2.61 bits per heavy atom. The van der Waals surface area contributed by atoms with Crippen LogP contribution in [0, 0.1) is 16.7 Å². The van der Waals surface area contributed by atoms with Gasteiger partial charge < -0.3 is 5.32 Å². The Morgan fingerprint density at radius 1 is 1.39 bits per heavy atom. The SMILES string of the molecule is N#CC1(C(=O)NC2CCC(=O)NC2=O)CCCC1. The predicted molar refractivity (Wildman–Crippen MR) is 60.8 cm³/mol. The first kappa shape index (κ1) is 12.6. The minimum absolute atomic E-state index is 0.218. The smallest absolute Gasteiger partial charge is 0.249 e. The van der Waals surface area contributed by atoms with Gasteiger partial charge in [0, 0.05) is 6.42 Å². The van der Waals surface area contributed by atoms with E-state index in [0.717, 1.165) is 12.8 Å². The molecule has 1 atom stereocenters. The van der Waals surface area contributed by atoms with E-state index >= 15 is 0 Å². The Hall–Kier alpha value is -1.90. The number of nitrogens with one attached hydrogen (secondary N) is 2. The summed E-state index contributed by atoms with van der Waals surface area (Å²) in [6, 6.07) is 1.39. The monoisotopic (exact) mass is 249 g/mol. The molecule has 0 aromatic carbocycles. The first-order valence-electron chi connectivity index (χ1n) is 6.13. The molecule has 2 aliphatic rings. The fraction of sp³-hybridized carbons (Fsp3) is 0.667. The van der Waals surface area contributed by atoms with Crippen LogP contribution in [0.25, 0.3) is 0 Å². The maximum absolute atomic E-state index is 12.1. The molecule has 0 spiro atoms. The molecule has 6 heteroatoms. The number of amides is 3. The summed E-state index contributed by atoms with van der Waals surface area (Å²) < 4.78 is 0. The van der Waals surface area contributed by atoms with Crippen LogP contribution in [-0.2, 0) is 14.4 Å². The molecule has 1 aliphatic carbocycles. The van der Waals surface area contributed by atoms with Gasteiger partial charge in [0.1, 0.15) is 11.5 Å². The third kappa shape index (κ3) is 2.21. The van der Waals surface area contributed by atoms with Gasteiger partial charge in [0.25, 0.3) is 0 Å². The normalized spacial score (nSPS) is 26.3. The highest BCUT2D eigenvalue weighted by Gasteiger charge is 2.43. The summed E-state index contributed by atoms with van der Waals surface area (Å²) in [7, 11) is 0. The van der Waals surface area contributed by atoms with Crippen LogP contribution >= 0.6 is 0 Å². The molecule has 18 heavy (non-hydrogen) atoms. The lowest BCUT2D eigenvalue weighted by Crippen LogP contribution is -2.54. The van der Waals surface area contributed by atoms with E-state index in [1.54, 1.807) is 0 Å². The third-order valence-electron chi connectivity index (χ3n) is 3.65. The Bertz CT molecular complexity index is 432. The highest BCUT2D eigenvalue weighted by Crippen LogP contribution is 2.37. The van der Waals surface area contributed by atoms with E-state index in [9.17, 15) is 14.4 Å². The summed E-state index contributed by atoms with van der Waals surface area (Å²) in [5.74, 6) is -1.18. The van der Waals surface area contributed by atoms with Crippen LogP contribution in [0.15, 0.2) is 0 Å². The van der Waals surface area contributed by atoms with Crippen molar-refractivity contribution in [3.63, 3.8) is 0 Å². The molecule has 2 rings (SSSR count). The van der Waals surface area contributed by atoms with Crippen molar-refractivity contribution < 1.29 is 14.4 Å². The minimum atomic E-state index is -0.984. The van der Waals surface area contributed by atoms with E-state index in [1.165, 1.54) is 0 Å². The van der Waals surface area contributed by atoms with Gasteiger partial charge in [-0.05, 0) is 19.3 Å². The third-order valence-corrected chi connectivity index (χ3v) is 3.65. The van der Waals surface area contributed by atoms with Crippen LogP contribution in [0.3, 0.4) is 0 Å². The summed E-state index contributed by atoms with van der Waals surface area (Å²) in [5.41, 5.74) is -0.984. The van der Waals surface area contributed by atoms with Crippen LogP contribution in [0.2, 0.25) is 0 Å². The highest BCUT2D eigenvalue weighted by molar-refractivity contribution is 6.02. The van der Waals surface area contributed by atoms with Gasteiger partial charge in [0.05, 0.1) is 6.07 Å². The lowest BCUT2D eigenvalue weighted by molar-refractivity contribution is -0.139. The maximum Gasteiger partial charge on any atom is 0.249 e. The molecule has 0 aromatic rings. The summed E-state index contributed by atoms with van der Waals surface area (Å²) in [6.45, 7) is 0. The zero-order chi connectivity index (χ0) is 13.2. The van der Waals surface area contributed by atoms with Crippen molar-refractivity contribution in [3.05, 3.63) is 0 Å². The fourth-order valence-corrected chi connectivity index (χ4v) is 2.50. The van der Waals surface area contributed by atoms with E-state index in [2.05, 4.69) is 16.7 Å². The molecule has 96 valence electrons. The van der Waals surface area contributed by atoms with Gasteiger partial charge in [-0.15, -0.1) is 0 Å². The Morgan fingerprint density at radius 2 is 2.06 bits per heavy atom. The average Bonchev–Trinajstić information content (AvgIpc) is 2.82. The van der Waals surface area contributed by atoms with Crippen molar-refractivity contribution in [3.8, 4) is 6.07 Å². The molecule has 1 aliphatic heterocycles. The number of rotatable bonds is 2. The molecule has 0 radical (unpaired) electrons. The number of piperidine rings is 1. The topological polar surface area (TPSA) is 99.1 Å². The molecule has 1 heterocycles. The van der Waals surface area contributed by atoms with Crippen molar-refractivity contribution in [2.75, 3.05) is 0 Å². The van der Waals surface area contributed by atoms with Crippen LogP contribution in [0.1, 0.15) is 38.5 Å². The first-order valence-corrected chi connectivity index (χ1v) is 6.13. The molecule has 6 nitrogen and oxygen atoms in total. The molecule has 3 amide bonds. The number of nitriles is 1. The van der Waals surface area contributed by atoms with Gasteiger partial charge >= 0.3 is 0 Å². The summed E-state index contributed by atoms with van der Waals surface area (Å²) >= 11 is 0. The van der Waals surface area contributed by atoms with Gasteiger partial charge in [-0.2, -0.15) is 5.26 Å². The van der Waals surface area contributed by atoms with Gasteiger partial charge in [-0.3, -0.25) is 19.7 Å². The van der Waals surface area contributed by atoms with Crippen molar-refractivity contribution >= 4 is 17.7 Å². The second-order valence-electron chi connectivity index (χ2n) is 4.88. The standard InChI is InChI=1S/C12H15N3O3/c13-7-12(5-1-2-6-12)11(18)14-8-3-4-9(16)15-10(8)17/h8H,1-6H2,(H,14,18)(H,15,16,17). The molecular weight excluding hydrogens is 234 g/mol. The van der Waals surface area contributed by atoms with Crippen molar-refractivity contribution in [1.29, 1.82) is 5.26 Å². The maximum atomic E-state index is 12.1. The fourth-order valence-electron chi connectivity index (χ4n) is 2.50. The van der Waals surface area contributed by atoms with E-state index in [0.29, 0.717) is 19.3 Å². The number of hydrogen-bond donors (Lipinski definition) is 2. The number of carbonyl (C=O) groups excluding carboxylic acids is 3. The zero-order valence-electron chi connectivity index (χ0n) is 9.99.